The van der Waals surface area contributed by atoms with Gasteiger partial charge in [0.1, 0.15) is 11.6 Å². The van der Waals surface area contributed by atoms with Crippen molar-refractivity contribution in [2.24, 2.45) is 0 Å². The minimum atomic E-state index is -0.675. The van der Waals surface area contributed by atoms with E-state index in [2.05, 4.69) is 10.4 Å². The molecule has 0 atom stereocenters. The number of aromatic nitrogens is 2. The molecule has 0 fully saturated rings. The third-order valence-electron chi connectivity index (χ3n) is 4.37. The van der Waals surface area contributed by atoms with Crippen LogP contribution in [0.3, 0.4) is 0 Å². The molecule has 0 aliphatic rings. The van der Waals surface area contributed by atoms with E-state index in [9.17, 15) is 14.0 Å². The number of amides is 1. The van der Waals surface area contributed by atoms with Crippen LogP contribution in [0.5, 0.6) is 0 Å². The Morgan fingerprint density at radius 1 is 1.10 bits per heavy atom. The van der Waals surface area contributed by atoms with Gasteiger partial charge in [0, 0.05) is 17.6 Å². The van der Waals surface area contributed by atoms with E-state index in [1.807, 2.05) is 51.1 Å². The number of carbonyl (C=O) groups excluding carboxylic acids is 2. The van der Waals surface area contributed by atoms with Crippen LogP contribution in [0.15, 0.2) is 66.7 Å². The number of nitrogens with zero attached hydrogens (tertiary/aromatic N) is 2. The van der Waals surface area contributed by atoms with Crippen LogP contribution in [0, 0.1) is 5.82 Å². The highest BCUT2D eigenvalue weighted by molar-refractivity contribution is 5.94. The average molecular weight is 421 g/mol. The molecule has 160 valence electrons. The first-order valence-electron chi connectivity index (χ1n) is 9.78. The van der Waals surface area contributed by atoms with E-state index in [4.69, 9.17) is 4.74 Å². The maximum Gasteiger partial charge on any atom is 0.331 e. The lowest BCUT2D eigenvalue weighted by atomic mass is 9.92. The smallest absolute Gasteiger partial charge is 0.331 e. The summed E-state index contributed by atoms with van der Waals surface area (Å²) < 4.78 is 19.6. The second-order valence-electron chi connectivity index (χ2n) is 7.95. The van der Waals surface area contributed by atoms with E-state index in [0.29, 0.717) is 11.4 Å². The number of anilines is 1. The van der Waals surface area contributed by atoms with Crippen molar-refractivity contribution in [3.8, 4) is 5.69 Å². The van der Waals surface area contributed by atoms with Crippen molar-refractivity contribution in [2.45, 2.75) is 26.2 Å². The van der Waals surface area contributed by atoms with E-state index in [1.54, 1.807) is 10.7 Å². The lowest BCUT2D eigenvalue weighted by Crippen LogP contribution is -2.21. The van der Waals surface area contributed by atoms with Crippen molar-refractivity contribution in [1.82, 2.24) is 9.78 Å². The molecular weight excluding hydrogens is 397 g/mol. The minimum absolute atomic E-state index is 0.211. The Morgan fingerprint density at radius 3 is 2.42 bits per heavy atom. The standard InChI is InChI=1S/C24H24FN3O3/c1-24(2,3)20-15-21(28(27-20)19-7-5-4-6-8-19)26-22(29)16-31-23(30)14-11-17-9-12-18(25)13-10-17/h4-15H,16H2,1-3H3,(H,26,29)/b14-11+. The molecule has 7 heteroatoms. The molecule has 0 bridgehead atoms. The highest BCUT2D eigenvalue weighted by Crippen LogP contribution is 2.26. The molecule has 0 spiro atoms. The van der Waals surface area contributed by atoms with Crippen molar-refractivity contribution in [3.05, 3.63) is 83.8 Å². The highest BCUT2D eigenvalue weighted by Gasteiger charge is 2.21. The third-order valence-corrected chi connectivity index (χ3v) is 4.37. The van der Waals surface area contributed by atoms with Crippen LogP contribution in [0.2, 0.25) is 0 Å². The first-order valence-corrected chi connectivity index (χ1v) is 9.78. The average Bonchev–Trinajstić information content (AvgIpc) is 3.17. The van der Waals surface area contributed by atoms with E-state index in [-0.39, 0.29) is 11.2 Å². The zero-order valence-electron chi connectivity index (χ0n) is 17.6. The molecule has 6 nitrogen and oxygen atoms in total. The largest absolute Gasteiger partial charge is 0.452 e. The number of nitrogens with one attached hydrogen (secondary N) is 1. The Hall–Kier alpha value is -3.74. The molecule has 3 rings (SSSR count). The van der Waals surface area contributed by atoms with Gasteiger partial charge in [-0.05, 0) is 35.9 Å². The van der Waals surface area contributed by atoms with Crippen LogP contribution in [-0.2, 0) is 19.7 Å². The molecule has 1 aromatic heterocycles. The normalized spacial score (nSPS) is 11.5. The van der Waals surface area contributed by atoms with Crippen molar-refractivity contribution >= 4 is 23.8 Å². The second kappa shape index (κ2) is 9.38. The molecule has 1 N–H and O–H groups in total. The van der Waals surface area contributed by atoms with Gasteiger partial charge in [-0.2, -0.15) is 5.10 Å². The monoisotopic (exact) mass is 421 g/mol. The van der Waals surface area contributed by atoms with E-state index in [0.717, 1.165) is 11.4 Å². The SMILES string of the molecule is CC(C)(C)c1cc(NC(=O)COC(=O)/C=C/c2ccc(F)cc2)n(-c2ccccc2)n1. The number of hydrogen-bond acceptors (Lipinski definition) is 4. The molecule has 1 heterocycles. The highest BCUT2D eigenvalue weighted by atomic mass is 19.1. The first-order chi connectivity index (χ1) is 14.7. The van der Waals surface area contributed by atoms with Gasteiger partial charge in [-0.15, -0.1) is 0 Å². The zero-order valence-corrected chi connectivity index (χ0v) is 17.6. The van der Waals surface area contributed by atoms with E-state index in [1.165, 1.54) is 36.4 Å². The molecular formula is C24H24FN3O3. The van der Waals surface area contributed by atoms with E-state index >= 15 is 0 Å². The van der Waals surface area contributed by atoms with Crippen LogP contribution >= 0.6 is 0 Å². The summed E-state index contributed by atoms with van der Waals surface area (Å²) in [5.74, 6) is -1.03. The lowest BCUT2D eigenvalue weighted by Gasteiger charge is -2.14. The predicted molar refractivity (Wildman–Crippen MR) is 117 cm³/mol. The lowest BCUT2D eigenvalue weighted by molar-refractivity contribution is -0.142. The van der Waals surface area contributed by atoms with Gasteiger partial charge in [0.25, 0.3) is 5.91 Å². The molecule has 0 aliphatic heterocycles. The Labute approximate surface area is 180 Å². The summed E-state index contributed by atoms with van der Waals surface area (Å²) in [5, 5.41) is 7.38. The summed E-state index contributed by atoms with van der Waals surface area (Å²) in [6, 6.07) is 16.9. The molecule has 3 aromatic rings. The van der Waals surface area contributed by atoms with Crippen LogP contribution in [-0.4, -0.2) is 28.3 Å². The summed E-state index contributed by atoms with van der Waals surface area (Å²) >= 11 is 0. The first kappa shape index (κ1) is 22.0. The molecule has 0 radical (unpaired) electrons. The summed E-state index contributed by atoms with van der Waals surface area (Å²) in [4.78, 5) is 24.3. The number of benzene rings is 2. The van der Waals surface area contributed by atoms with Gasteiger partial charge < -0.3 is 10.1 Å². The number of ether oxygens (including phenoxy) is 1. The molecule has 0 saturated carbocycles. The molecule has 1 amide bonds. The van der Waals surface area contributed by atoms with Crippen molar-refractivity contribution < 1.29 is 18.7 Å². The number of halogens is 1. The van der Waals surface area contributed by atoms with Crippen LogP contribution in [0.1, 0.15) is 32.0 Å². The van der Waals surface area contributed by atoms with Gasteiger partial charge in [-0.3, -0.25) is 4.79 Å². The van der Waals surface area contributed by atoms with Gasteiger partial charge in [0.2, 0.25) is 0 Å². The van der Waals surface area contributed by atoms with Crippen LogP contribution < -0.4 is 5.32 Å². The topological polar surface area (TPSA) is 73.2 Å². The van der Waals surface area contributed by atoms with E-state index < -0.39 is 18.5 Å². The molecule has 0 unspecified atom stereocenters. The number of para-hydroxylation sites is 1. The number of hydrogen-bond donors (Lipinski definition) is 1. The van der Waals surface area contributed by atoms with Gasteiger partial charge in [-0.1, -0.05) is 51.1 Å². The maximum atomic E-state index is 12.9. The Kier molecular flexibility index (Phi) is 6.65. The fourth-order valence-corrected chi connectivity index (χ4v) is 2.70. The summed E-state index contributed by atoms with van der Waals surface area (Å²) in [6.07, 6.45) is 2.67. The molecule has 31 heavy (non-hydrogen) atoms. The molecule has 2 aromatic carbocycles. The summed E-state index contributed by atoms with van der Waals surface area (Å²) in [5.41, 5.74) is 2.04. The van der Waals surface area contributed by atoms with Gasteiger partial charge in [0.05, 0.1) is 11.4 Å². The predicted octanol–water partition coefficient (Wildman–Crippen LogP) is 4.50. The van der Waals surface area contributed by atoms with Gasteiger partial charge in [0.15, 0.2) is 6.61 Å². The molecule has 0 saturated heterocycles. The second-order valence-corrected chi connectivity index (χ2v) is 7.95. The van der Waals surface area contributed by atoms with Gasteiger partial charge >= 0.3 is 5.97 Å². The van der Waals surface area contributed by atoms with Crippen LogP contribution in [0.25, 0.3) is 11.8 Å². The Morgan fingerprint density at radius 2 is 1.77 bits per heavy atom. The quantitative estimate of drug-likeness (QED) is 0.470. The number of esters is 1. The van der Waals surface area contributed by atoms with Crippen molar-refractivity contribution in [3.63, 3.8) is 0 Å². The minimum Gasteiger partial charge on any atom is -0.452 e. The van der Waals surface area contributed by atoms with Crippen molar-refractivity contribution in [1.29, 1.82) is 0 Å². The fraction of sp³-hybridized carbons (Fsp3) is 0.208. The van der Waals surface area contributed by atoms with Gasteiger partial charge in [-0.25, -0.2) is 13.9 Å². The van der Waals surface area contributed by atoms with Crippen LogP contribution in [0.4, 0.5) is 10.2 Å². The Balaban J connectivity index is 1.65. The number of rotatable bonds is 6. The number of carbonyl (C=O) groups is 2. The Bertz CT molecular complexity index is 1080. The maximum absolute atomic E-state index is 12.9. The summed E-state index contributed by atoms with van der Waals surface area (Å²) in [6.45, 7) is 5.65. The zero-order chi connectivity index (χ0) is 22.4. The molecule has 0 aliphatic carbocycles. The fourth-order valence-electron chi connectivity index (χ4n) is 2.70. The van der Waals surface area contributed by atoms with Crippen molar-refractivity contribution in [2.75, 3.05) is 11.9 Å². The summed E-state index contributed by atoms with van der Waals surface area (Å²) in [7, 11) is 0. The third kappa shape index (κ3) is 6.12.